The number of aryl methyl sites for hydroxylation is 2. The lowest BCUT2D eigenvalue weighted by Crippen LogP contribution is -2.47. The molecule has 0 radical (unpaired) electrons. The molecule has 0 spiro atoms. The molecule has 2 aromatic carbocycles. The lowest BCUT2D eigenvalue weighted by atomic mass is 10.1. The Balaban J connectivity index is 1.32. The maximum absolute atomic E-state index is 13.9. The van der Waals surface area contributed by atoms with E-state index in [4.69, 9.17) is 17.2 Å². The number of hydrogen-bond acceptors (Lipinski definition) is 7. The Kier molecular flexibility index (Phi) is 7.75. The second-order valence-electron chi connectivity index (χ2n) is 10.5. The fourth-order valence-corrected chi connectivity index (χ4v) is 6.51. The molecule has 41 heavy (non-hydrogen) atoms. The highest BCUT2D eigenvalue weighted by Gasteiger charge is 2.33. The number of nitrogens with zero attached hydrogens (tertiary/aromatic N) is 5. The number of thiocarbonyl (C=S) groups is 1. The van der Waals surface area contributed by atoms with Crippen molar-refractivity contribution in [2.75, 3.05) is 31.1 Å². The smallest absolute Gasteiger partial charge is 0.267 e. The van der Waals surface area contributed by atoms with E-state index in [-0.39, 0.29) is 11.5 Å². The van der Waals surface area contributed by atoms with Gasteiger partial charge in [0.1, 0.15) is 15.8 Å². The number of pyridine rings is 1. The zero-order valence-electron chi connectivity index (χ0n) is 23.1. The molecule has 2 fully saturated rings. The minimum Gasteiger partial charge on any atom is -0.353 e. The van der Waals surface area contributed by atoms with Crippen LogP contribution in [0.2, 0.25) is 0 Å². The Bertz CT molecular complexity index is 1710. The van der Waals surface area contributed by atoms with Crippen molar-refractivity contribution in [1.29, 1.82) is 0 Å². The van der Waals surface area contributed by atoms with Crippen LogP contribution in [-0.2, 0) is 17.9 Å². The molecule has 208 valence electrons. The van der Waals surface area contributed by atoms with Crippen LogP contribution in [-0.4, -0.2) is 55.6 Å². The van der Waals surface area contributed by atoms with Crippen molar-refractivity contribution in [3.63, 3.8) is 0 Å². The van der Waals surface area contributed by atoms with Crippen LogP contribution in [0.15, 0.2) is 82.6 Å². The van der Waals surface area contributed by atoms with E-state index in [0.29, 0.717) is 32.8 Å². The quantitative estimate of drug-likeness (QED) is 0.234. The first-order valence-corrected chi connectivity index (χ1v) is 14.9. The van der Waals surface area contributed by atoms with Crippen LogP contribution in [0.1, 0.15) is 27.8 Å². The van der Waals surface area contributed by atoms with Gasteiger partial charge in [0.25, 0.3) is 11.5 Å². The SMILES string of the molecule is Cc1ccc(CN2C(=O)/C(=C/c3c(N4CCN(Cc5ccccc5)CC4)nc4c(C)cccn4c3=O)SC2=S)cc1. The van der Waals surface area contributed by atoms with Crippen molar-refractivity contribution in [3.05, 3.63) is 116 Å². The molecule has 2 aliphatic rings. The van der Waals surface area contributed by atoms with Crippen LogP contribution in [0.3, 0.4) is 0 Å². The van der Waals surface area contributed by atoms with E-state index in [1.807, 2.05) is 56.3 Å². The van der Waals surface area contributed by atoms with Crippen molar-refractivity contribution in [3.8, 4) is 0 Å². The lowest BCUT2D eigenvalue weighted by molar-refractivity contribution is -0.122. The van der Waals surface area contributed by atoms with E-state index in [0.717, 1.165) is 49.4 Å². The molecule has 2 aliphatic heterocycles. The average Bonchev–Trinajstić information content (AvgIpc) is 3.24. The van der Waals surface area contributed by atoms with E-state index in [9.17, 15) is 9.59 Å². The molecule has 0 bridgehead atoms. The van der Waals surface area contributed by atoms with Gasteiger partial charge in [0.15, 0.2) is 0 Å². The number of rotatable bonds is 6. The molecule has 0 atom stereocenters. The highest BCUT2D eigenvalue weighted by atomic mass is 32.2. The van der Waals surface area contributed by atoms with E-state index in [1.165, 1.54) is 17.3 Å². The molecule has 0 aliphatic carbocycles. The summed E-state index contributed by atoms with van der Waals surface area (Å²) >= 11 is 6.84. The van der Waals surface area contributed by atoms with Crippen molar-refractivity contribution >= 4 is 51.7 Å². The molecule has 4 aromatic rings. The number of hydrogen-bond donors (Lipinski definition) is 0. The van der Waals surface area contributed by atoms with Crippen LogP contribution in [0.5, 0.6) is 0 Å². The predicted octanol–water partition coefficient (Wildman–Crippen LogP) is 5.03. The highest BCUT2D eigenvalue weighted by Crippen LogP contribution is 2.34. The van der Waals surface area contributed by atoms with Crippen LogP contribution in [0, 0.1) is 13.8 Å². The maximum atomic E-state index is 13.9. The normalized spacial score (nSPS) is 17.3. The van der Waals surface area contributed by atoms with Gasteiger partial charge in [-0.3, -0.25) is 23.8 Å². The molecule has 4 heterocycles. The van der Waals surface area contributed by atoms with Crippen molar-refractivity contribution < 1.29 is 4.79 Å². The van der Waals surface area contributed by atoms with E-state index in [1.54, 1.807) is 21.6 Å². The van der Waals surface area contributed by atoms with Crippen molar-refractivity contribution in [2.45, 2.75) is 26.9 Å². The van der Waals surface area contributed by atoms with Crippen molar-refractivity contribution in [2.24, 2.45) is 0 Å². The Morgan fingerprint density at radius 2 is 1.59 bits per heavy atom. The Morgan fingerprint density at radius 1 is 0.878 bits per heavy atom. The summed E-state index contributed by atoms with van der Waals surface area (Å²) < 4.78 is 2.06. The monoisotopic (exact) mass is 581 g/mol. The number of benzene rings is 2. The van der Waals surface area contributed by atoms with Crippen LogP contribution in [0.25, 0.3) is 11.7 Å². The highest BCUT2D eigenvalue weighted by molar-refractivity contribution is 8.26. The zero-order valence-corrected chi connectivity index (χ0v) is 24.8. The zero-order chi connectivity index (χ0) is 28.5. The predicted molar refractivity (Wildman–Crippen MR) is 170 cm³/mol. The van der Waals surface area contributed by atoms with Gasteiger partial charge in [0, 0.05) is 38.9 Å². The standard InChI is InChI=1S/C32H31N5O2S2/c1-22-10-12-25(13-11-22)21-37-31(39)27(41-32(37)40)19-26-29(33-28-23(2)7-6-14-36(28)30(26)38)35-17-15-34(16-18-35)20-24-8-4-3-5-9-24/h3-14,19H,15-18,20-21H2,1-2H3/b27-19-. The number of thioether (sulfide) groups is 1. The first-order chi connectivity index (χ1) is 19.9. The molecule has 6 rings (SSSR count). The number of carbonyl (C=O) groups is 1. The van der Waals surface area contributed by atoms with E-state index >= 15 is 0 Å². The Hall–Kier alpha value is -3.79. The number of aromatic nitrogens is 2. The molecule has 1 amide bonds. The lowest BCUT2D eigenvalue weighted by Gasteiger charge is -2.36. The first-order valence-electron chi connectivity index (χ1n) is 13.7. The largest absolute Gasteiger partial charge is 0.353 e. The topological polar surface area (TPSA) is 61.2 Å². The molecule has 7 nitrogen and oxygen atoms in total. The summed E-state index contributed by atoms with van der Waals surface area (Å²) in [7, 11) is 0. The second kappa shape index (κ2) is 11.6. The summed E-state index contributed by atoms with van der Waals surface area (Å²) in [5.74, 6) is 0.431. The summed E-state index contributed by atoms with van der Waals surface area (Å²) in [6, 6.07) is 22.3. The number of fused-ring (bicyclic) bond motifs is 1. The third-order valence-electron chi connectivity index (χ3n) is 7.60. The third kappa shape index (κ3) is 5.70. The fourth-order valence-electron chi connectivity index (χ4n) is 5.27. The van der Waals surface area contributed by atoms with Gasteiger partial charge in [-0.1, -0.05) is 90.2 Å². The molecule has 9 heteroatoms. The third-order valence-corrected chi connectivity index (χ3v) is 8.97. The van der Waals surface area contributed by atoms with Crippen LogP contribution in [0.4, 0.5) is 5.82 Å². The van der Waals surface area contributed by atoms with Gasteiger partial charge in [-0.05, 0) is 42.7 Å². The Labute approximate surface area is 249 Å². The van der Waals surface area contributed by atoms with Crippen LogP contribution < -0.4 is 10.5 Å². The molecule has 2 aromatic heterocycles. The second-order valence-corrected chi connectivity index (χ2v) is 12.2. The number of piperazine rings is 1. The van der Waals surface area contributed by atoms with Gasteiger partial charge in [-0.25, -0.2) is 4.98 Å². The van der Waals surface area contributed by atoms with Crippen LogP contribution >= 0.6 is 24.0 Å². The van der Waals surface area contributed by atoms with Gasteiger partial charge in [0.2, 0.25) is 0 Å². The van der Waals surface area contributed by atoms with Crippen molar-refractivity contribution in [1.82, 2.24) is 19.2 Å². The molecule has 0 unspecified atom stereocenters. The summed E-state index contributed by atoms with van der Waals surface area (Å²) in [5.41, 5.74) is 5.22. The molecular formula is C32H31N5O2S2. The molecule has 0 saturated carbocycles. The summed E-state index contributed by atoms with van der Waals surface area (Å²) in [4.78, 5) is 39.1. The van der Waals surface area contributed by atoms with Gasteiger partial charge in [-0.15, -0.1) is 0 Å². The maximum Gasteiger partial charge on any atom is 0.267 e. The van der Waals surface area contributed by atoms with E-state index < -0.39 is 0 Å². The number of carbonyl (C=O) groups excluding carboxylic acids is 1. The molecule has 2 saturated heterocycles. The van der Waals surface area contributed by atoms with E-state index in [2.05, 4.69) is 34.1 Å². The first kappa shape index (κ1) is 27.4. The molecular weight excluding hydrogens is 551 g/mol. The summed E-state index contributed by atoms with van der Waals surface area (Å²) in [6.07, 6.45) is 3.43. The number of amides is 1. The number of anilines is 1. The van der Waals surface area contributed by atoms with Gasteiger partial charge >= 0.3 is 0 Å². The summed E-state index contributed by atoms with van der Waals surface area (Å²) in [5, 5.41) is 0. The average molecular weight is 582 g/mol. The van der Waals surface area contributed by atoms with Gasteiger partial charge in [-0.2, -0.15) is 0 Å². The van der Waals surface area contributed by atoms with Gasteiger partial charge < -0.3 is 4.90 Å². The minimum atomic E-state index is -0.191. The minimum absolute atomic E-state index is 0.187. The summed E-state index contributed by atoms with van der Waals surface area (Å²) in [6.45, 7) is 8.44. The fraction of sp³-hybridized carbons (Fsp3) is 0.250. The van der Waals surface area contributed by atoms with Gasteiger partial charge in [0.05, 0.1) is 17.0 Å². The molecule has 0 N–H and O–H groups in total. The Morgan fingerprint density at radius 3 is 2.32 bits per heavy atom.